The van der Waals surface area contributed by atoms with Crippen LogP contribution in [0.15, 0.2) is 11.6 Å². The highest BCUT2D eigenvalue weighted by atomic mass is 16.3. The lowest BCUT2D eigenvalue weighted by molar-refractivity contribution is 0.239. The molecule has 2 nitrogen and oxygen atoms in total. The molecule has 2 atom stereocenters. The quantitative estimate of drug-likeness (QED) is 0.620. The topological polar surface area (TPSA) is 40.5 Å². The van der Waals surface area contributed by atoms with E-state index in [0.717, 1.165) is 12.8 Å². The zero-order valence-corrected chi connectivity index (χ0v) is 8.25. The summed E-state index contributed by atoms with van der Waals surface area (Å²) >= 11 is 0. The lowest BCUT2D eigenvalue weighted by atomic mass is 9.94. The van der Waals surface area contributed by atoms with E-state index in [4.69, 9.17) is 10.2 Å². The van der Waals surface area contributed by atoms with Gasteiger partial charge in [-0.3, -0.25) is 0 Å². The van der Waals surface area contributed by atoms with Crippen molar-refractivity contribution in [3.05, 3.63) is 11.6 Å². The van der Waals surface area contributed by atoms with Gasteiger partial charge in [0.2, 0.25) is 0 Å². The van der Waals surface area contributed by atoms with Crippen molar-refractivity contribution in [1.82, 2.24) is 0 Å². The number of rotatable bonds is 5. The molecule has 0 aliphatic heterocycles. The number of aliphatic hydroxyl groups excluding tert-OH is 2. The van der Waals surface area contributed by atoms with Crippen LogP contribution in [0.4, 0.5) is 0 Å². The number of allylic oxidation sites excluding steroid dienone is 1. The predicted molar refractivity (Wildman–Crippen MR) is 50.9 cm³/mol. The number of aliphatic hydroxyl groups is 2. The molecule has 12 heavy (non-hydrogen) atoms. The Morgan fingerprint density at radius 3 is 2.33 bits per heavy atom. The van der Waals surface area contributed by atoms with Crippen LogP contribution in [-0.2, 0) is 0 Å². The average Bonchev–Trinajstić information content (AvgIpc) is 2.00. The van der Waals surface area contributed by atoms with Crippen molar-refractivity contribution in [2.45, 2.75) is 39.7 Å². The molecule has 2 N–H and O–H groups in total. The highest BCUT2D eigenvalue weighted by Crippen LogP contribution is 2.17. The van der Waals surface area contributed by atoms with E-state index in [2.05, 4.69) is 13.8 Å². The lowest BCUT2D eigenvalue weighted by Gasteiger charge is -2.14. The molecule has 0 aliphatic carbocycles. The van der Waals surface area contributed by atoms with Crippen molar-refractivity contribution in [1.29, 1.82) is 0 Å². The Hall–Kier alpha value is -0.340. The first-order valence-corrected chi connectivity index (χ1v) is 4.61. The van der Waals surface area contributed by atoms with Gasteiger partial charge in [0.1, 0.15) is 0 Å². The van der Waals surface area contributed by atoms with Crippen LogP contribution in [0.5, 0.6) is 0 Å². The fourth-order valence-electron chi connectivity index (χ4n) is 1.32. The number of hydrogen-bond donors (Lipinski definition) is 2. The molecule has 0 aliphatic rings. The second kappa shape index (κ2) is 6.21. The molecule has 2 heteroatoms. The van der Waals surface area contributed by atoms with Gasteiger partial charge in [-0.25, -0.2) is 0 Å². The fraction of sp³-hybridized carbons (Fsp3) is 0.800. The monoisotopic (exact) mass is 172 g/mol. The third-order valence-electron chi connectivity index (χ3n) is 2.06. The summed E-state index contributed by atoms with van der Waals surface area (Å²) in [7, 11) is 0. The van der Waals surface area contributed by atoms with Crippen LogP contribution in [-0.4, -0.2) is 22.9 Å². The van der Waals surface area contributed by atoms with Gasteiger partial charge in [-0.2, -0.15) is 0 Å². The largest absolute Gasteiger partial charge is 0.396 e. The molecule has 0 saturated heterocycles. The summed E-state index contributed by atoms with van der Waals surface area (Å²) in [5, 5.41) is 17.9. The van der Waals surface area contributed by atoms with Crippen LogP contribution in [0.25, 0.3) is 0 Å². The van der Waals surface area contributed by atoms with Crippen LogP contribution in [0, 0.1) is 5.92 Å². The first-order chi connectivity index (χ1) is 5.61. The van der Waals surface area contributed by atoms with E-state index in [1.54, 1.807) is 6.92 Å². The molecule has 0 amide bonds. The van der Waals surface area contributed by atoms with Crippen molar-refractivity contribution >= 4 is 0 Å². The van der Waals surface area contributed by atoms with E-state index in [0.29, 0.717) is 5.92 Å². The Labute approximate surface area is 74.9 Å². The normalized spacial score (nSPS) is 17.6. The molecule has 0 aromatic heterocycles. The maximum atomic E-state index is 9.13. The molecule has 0 radical (unpaired) electrons. The van der Waals surface area contributed by atoms with Gasteiger partial charge in [0.25, 0.3) is 0 Å². The van der Waals surface area contributed by atoms with Crippen LogP contribution in [0.1, 0.15) is 33.6 Å². The third kappa shape index (κ3) is 4.52. The SMILES string of the molecule is CC/C(=C\[C@H](C)O)[C@H](C)CCO. The zero-order chi connectivity index (χ0) is 9.56. The van der Waals surface area contributed by atoms with Gasteiger partial charge in [0.05, 0.1) is 6.10 Å². The van der Waals surface area contributed by atoms with Crippen LogP contribution < -0.4 is 0 Å². The van der Waals surface area contributed by atoms with Crippen LogP contribution in [0.2, 0.25) is 0 Å². The van der Waals surface area contributed by atoms with E-state index in [1.807, 2.05) is 6.08 Å². The smallest absolute Gasteiger partial charge is 0.0695 e. The van der Waals surface area contributed by atoms with Gasteiger partial charge in [0.15, 0.2) is 0 Å². The summed E-state index contributed by atoms with van der Waals surface area (Å²) in [5.41, 5.74) is 1.24. The van der Waals surface area contributed by atoms with Gasteiger partial charge < -0.3 is 10.2 Å². The first-order valence-electron chi connectivity index (χ1n) is 4.61. The average molecular weight is 172 g/mol. The summed E-state index contributed by atoms with van der Waals surface area (Å²) < 4.78 is 0. The minimum atomic E-state index is -0.374. The molecule has 0 saturated carbocycles. The second-order valence-corrected chi connectivity index (χ2v) is 3.25. The standard InChI is InChI=1S/C10H20O2/c1-4-10(7-9(3)12)8(2)5-6-11/h7-9,11-12H,4-6H2,1-3H3/b10-7+/t8-,9+/m1/s1. The molecule has 0 bridgehead atoms. The summed E-state index contributed by atoms with van der Waals surface area (Å²) in [5.74, 6) is 0.384. The zero-order valence-electron chi connectivity index (χ0n) is 8.25. The molecular formula is C10H20O2. The van der Waals surface area contributed by atoms with Gasteiger partial charge in [-0.1, -0.05) is 25.5 Å². The van der Waals surface area contributed by atoms with Crippen molar-refractivity contribution in [3.8, 4) is 0 Å². The van der Waals surface area contributed by atoms with Gasteiger partial charge in [-0.05, 0) is 25.7 Å². The van der Waals surface area contributed by atoms with Crippen molar-refractivity contribution < 1.29 is 10.2 Å². The van der Waals surface area contributed by atoms with E-state index in [-0.39, 0.29) is 12.7 Å². The van der Waals surface area contributed by atoms with E-state index in [9.17, 15) is 0 Å². The Morgan fingerprint density at radius 1 is 1.42 bits per heavy atom. The summed E-state index contributed by atoms with van der Waals surface area (Å²) in [6.07, 6.45) is 3.24. The van der Waals surface area contributed by atoms with Crippen molar-refractivity contribution in [3.63, 3.8) is 0 Å². The highest BCUT2D eigenvalue weighted by molar-refractivity contribution is 5.07. The second-order valence-electron chi connectivity index (χ2n) is 3.25. The van der Waals surface area contributed by atoms with Gasteiger partial charge in [-0.15, -0.1) is 0 Å². The Kier molecular flexibility index (Phi) is 6.03. The molecule has 72 valence electrons. The Morgan fingerprint density at radius 2 is 2.00 bits per heavy atom. The molecule has 0 heterocycles. The van der Waals surface area contributed by atoms with E-state index < -0.39 is 0 Å². The van der Waals surface area contributed by atoms with Gasteiger partial charge in [0, 0.05) is 6.61 Å². The maximum Gasteiger partial charge on any atom is 0.0695 e. The molecule has 0 aromatic carbocycles. The molecule has 0 aromatic rings. The molecular weight excluding hydrogens is 152 g/mol. The Bertz CT molecular complexity index is 139. The highest BCUT2D eigenvalue weighted by Gasteiger charge is 2.06. The summed E-state index contributed by atoms with van der Waals surface area (Å²) in [6.45, 7) is 6.12. The summed E-state index contributed by atoms with van der Waals surface area (Å²) in [4.78, 5) is 0. The Balaban J connectivity index is 4.13. The van der Waals surface area contributed by atoms with Crippen LogP contribution >= 0.6 is 0 Å². The summed E-state index contributed by atoms with van der Waals surface area (Å²) in [6, 6.07) is 0. The lowest BCUT2D eigenvalue weighted by Crippen LogP contribution is -2.05. The maximum absolute atomic E-state index is 9.13. The molecule has 0 fully saturated rings. The minimum Gasteiger partial charge on any atom is -0.396 e. The first kappa shape index (κ1) is 11.7. The van der Waals surface area contributed by atoms with Gasteiger partial charge >= 0.3 is 0 Å². The molecule has 0 spiro atoms. The minimum absolute atomic E-state index is 0.221. The third-order valence-corrected chi connectivity index (χ3v) is 2.06. The fourth-order valence-corrected chi connectivity index (χ4v) is 1.32. The predicted octanol–water partition coefficient (Wildman–Crippen LogP) is 1.72. The van der Waals surface area contributed by atoms with Crippen molar-refractivity contribution in [2.24, 2.45) is 5.92 Å². The van der Waals surface area contributed by atoms with E-state index in [1.165, 1.54) is 5.57 Å². The van der Waals surface area contributed by atoms with Crippen molar-refractivity contribution in [2.75, 3.05) is 6.61 Å². The number of hydrogen-bond acceptors (Lipinski definition) is 2. The molecule has 0 unspecified atom stereocenters. The molecule has 0 rings (SSSR count). The van der Waals surface area contributed by atoms with E-state index >= 15 is 0 Å². The van der Waals surface area contributed by atoms with Crippen LogP contribution in [0.3, 0.4) is 0 Å².